The number of halogens is 1. The summed E-state index contributed by atoms with van der Waals surface area (Å²) in [5.41, 5.74) is 1.41. The third-order valence-corrected chi connectivity index (χ3v) is 4.87. The zero-order chi connectivity index (χ0) is 21.2. The molecule has 1 aromatic heterocycles. The van der Waals surface area contributed by atoms with Gasteiger partial charge in [-0.25, -0.2) is 14.7 Å². The molecule has 9 nitrogen and oxygen atoms in total. The molecule has 3 N–H and O–H groups in total. The first kappa shape index (κ1) is 25.5. The lowest BCUT2D eigenvalue weighted by Crippen LogP contribution is -2.52. The molecule has 10 heteroatoms. The highest BCUT2D eigenvalue weighted by Crippen LogP contribution is 2.09. The van der Waals surface area contributed by atoms with Crippen molar-refractivity contribution in [2.45, 2.75) is 32.5 Å². The monoisotopic (exact) mass is 543 g/mol. The van der Waals surface area contributed by atoms with Crippen LogP contribution in [0.4, 0.5) is 0 Å². The second kappa shape index (κ2) is 12.9. The van der Waals surface area contributed by atoms with Crippen LogP contribution in [0.1, 0.15) is 25.0 Å². The molecule has 1 saturated heterocycles. The highest BCUT2D eigenvalue weighted by atomic mass is 127. The molecular weight excluding hydrogens is 509 g/mol. The van der Waals surface area contributed by atoms with Crippen LogP contribution in [-0.4, -0.2) is 82.3 Å². The molecule has 172 valence electrons. The summed E-state index contributed by atoms with van der Waals surface area (Å²) in [6, 6.07) is 8.29. The number of morpholine rings is 1. The molecule has 0 bridgehead atoms. The minimum atomic E-state index is -0.856. The van der Waals surface area contributed by atoms with Gasteiger partial charge < -0.3 is 20.5 Å². The Labute approximate surface area is 201 Å². The molecule has 1 aliphatic heterocycles. The van der Waals surface area contributed by atoms with Gasteiger partial charge in [0.15, 0.2) is 5.96 Å². The standard InChI is InChI=1S/C21H33N7O2.HI/c1-3-23-20(25-14-21(2,29)15-27-7-9-30-10-8-27)24-12-18-5-4-6-19(11-18)13-28-17-22-16-26-28;/h4-6,11,16-17,29H,3,7-10,12-15H2,1-2H3,(H2,23,24,25);1H. The normalized spacial score (nSPS) is 16.9. The summed E-state index contributed by atoms with van der Waals surface area (Å²) in [6.07, 6.45) is 3.25. The number of nitrogens with zero attached hydrogens (tertiary/aromatic N) is 5. The average Bonchev–Trinajstić information content (AvgIpc) is 3.24. The first-order valence-electron chi connectivity index (χ1n) is 10.5. The Morgan fingerprint density at radius 2 is 2.03 bits per heavy atom. The van der Waals surface area contributed by atoms with Crippen molar-refractivity contribution in [3.63, 3.8) is 0 Å². The lowest BCUT2D eigenvalue weighted by atomic mass is 10.1. The second-order valence-electron chi connectivity index (χ2n) is 7.85. The van der Waals surface area contributed by atoms with Crippen molar-refractivity contribution in [2.24, 2.45) is 4.99 Å². The number of β-amino-alcohol motifs (C(OH)–C–C–N with tert-alkyl or cyclic N) is 1. The van der Waals surface area contributed by atoms with E-state index < -0.39 is 5.60 Å². The Bertz CT molecular complexity index is 793. The van der Waals surface area contributed by atoms with Gasteiger partial charge in [-0.3, -0.25) is 4.90 Å². The van der Waals surface area contributed by atoms with Gasteiger partial charge in [0.1, 0.15) is 12.7 Å². The number of hydrogen-bond donors (Lipinski definition) is 3. The van der Waals surface area contributed by atoms with E-state index in [4.69, 9.17) is 4.74 Å². The first-order chi connectivity index (χ1) is 14.5. The Kier molecular flexibility index (Phi) is 10.6. The summed E-state index contributed by atoms with van der Waals surface area (Å²) >= 11 is 0. The van der Waals surface area contributed by atoms with Gasteiger partial charge in [-0.1, -0.05) is 24.3 Å². The smallest absolute Gasteiger partial charge is 0.191 e. The number of rotatable bonds is 9. The van der Waals surface area contributed by atoms with Crippen LogP contribution in [0.5, 0.6) is 0 Å². The molecule has 1 atom stereocenters. The molecule has 0 radical (unpaired) electrons. The number of guanidine groups is 1. The largest absolute Gasteiger partial charge is 0.387 e. The Hall–Kier alpha value is -1.76. The highest BCUT2D eigenvalue weighted by molar-refractivity contribution is 14.0. The van der Waals surface area contributed by atoms with Crippen LogP contribution < -0.4 is 10.6 Å². The van der Waals surface area contributed by atoms with Gasteiger partial charge in [0, 0.05) is 32.7 Å². The van der Waals surface area contributed by atoms with E-state index in [0.717, 1.165) is 44.0 Å². The van der Waals surface area contributed by atoms with E-state index >= 15 is 0 Å². The quantitative estimate of drug-likeness (QED) is 0.247. The maximum Gasteiger partial charge on any atom is 0.191 e. The zero-order valence-corrected chi connectivity index (χ0v) is 20.7. The summed E-state index contributed by atoms with van der Waals surface area (Å²) in [4.78, 5) is 10.9. The summed E-state index contributed by atoms with van der Waals surface area (Å²) in [5, 5.41) is 21.5. The molecular formula is C21H34IN7O2. The Balaban J connectivity index is 0.00000341. The van der Waals surface area contributed by atoms with Gasteiger partial charge in [-0.2, -0.15) is 5.10 Å². The molecule has 1 fully saturated rings. The van der Waals surface area contributed by atoms with Crippen molar-refractivity contribution >= 4 is 29.9 Å². The predicted octanol–water partition coefficient (Wildman–Crippen LogP) is 1.08. The summed E-state index contributed by atoms with van der Waals surface area (Å²) in [7, 11) is 0. The van der Waals surface area contributed by atoms with E-state index in [-0.39, 0.29) is 24.0 Å². The summed E-state index contributed by atoms with van der Waals surface area (Å²) < 4.78 is 7.18. The minimum absolute atomic E-state index is 0. The molecule has 1 aliphatic rings. The number of aliphatic imine (C=N–C) groups is 1. The van der Waals surface area contributed by atoms with Gasteiger partial charge in [0.25, 0.3) is 0 Å². The highest BCUT2D eigenvalue weighted by Gasteiger charge is 2.25. The molecule has 3 rings (SSSR count). The third kappa shape index (κ3) is 9.09. The van der Waals surface area contributed by atoms with Crippen LogP contribution >= 0.6 is 24.0 Å². The number of ether oxygens (including phenoxy) is 1. The van der Waals surface area contributed by atoms with Crippen LogP contribution in [0.3, 0.4) is 0 Å². The van der Waals surface area contributed by atoms with E-state index in [1.165, 1.54) is 6.33 Å². The molecule has 1 unspecified atom stereocenters. The summed E-state index contributed by atoms with van der Waals surface area (Å²) in [5.74, 6) is 0.696. The van der Waals surface area contributed by atoms with Crippen molar-refractivity contribution in [1.29, 1.82) is 0 Å². The molecule has 0 spiro atoms. The Morgan fingerprint density at radius 1 is 1.26 bits per heavy atom. The molecule has 2 aromatic rings. The fourth-order valence-electron chi connectivity index (χ4n) is 3.41. The number of aliphatic hydroxyl groups is 1. The van der Waals surface area contributed by atoms with Crippen LogP contribution in [0.25, 0.3) is 0 Å². The van der Waals surface area contributed by atoms with Crippen molar-refractivity contribution in [3.05, 3.63) is 48.0 Å². The van der Waals surface area contributed by atoms with Crippen molar-refractivity contribution in [2.75, 3.05) is 45.9 Å². The fourth-order valence-corrected chi connectivity index (χ4v) is 3.41. The molecule has 1 aromatic carbocycles. The maximum absolute atomic E-state index is 10.8. The van der Waals surface area contributed by atoms with E-state index in [9.17, 15) is 5.11 Å². The molecule has 0 saturated carbocycles. The van der Waals surface area contributed by atoms with Gasteiger partial charge in [-0.05, 0) is 25.0 Å². The topological polar surface area (TPSA) is 99.8 Å². The number of benzene rings is 1. The average molecular weight is 543 g/mol. The predicted molar refractivity (Wildman–Crippen MR) is 132 cm³/mol. The maximum atomic E-state index is 10.8. The van der Waals surface area contributed by atoms with E-state index in [1.54, 1.807) is 11.0 Å². The number of nitrogens with one attached hydrogen (secondary N) is 2. The van der Waals surface area contributed by atoms with E-state index in [0.29, 0.717) is 32.1 Å². The SMILES string of the molecule is CCNC(=NCc1cccc(Cn2cncn2)c1)NCC(C)(O)CN1CCOCC1.I. The first-order valence-corrected chi connectivity index (χ1v) is 10.5. The number of aromatic nitrogens is 3. The van der Waals surface area contributed by atoms with Crippen LogP contribution in [0, 0.1) is 0 Å². The van der Waals surface area contributed by atoms with Crippen molar-refractivity contribution in [3.8, 4) is 0 Å². The molecule has 31 heavy (non-hydrogen) atoms. The van der Waals surface area contributed by atoms with E-state index in [2.05, 4.69) is 48.8 Å². The van der Waals surface area contributed by atoms with Crippen LogP contribution in [-0.2, 0) is 17.8 Å². The second-order valence-corrected chi connectivity index (χ2v) is 7.85. The molecule has 0 amide bonds. The lowest BCUT2D eigenvalue weighted by Gasteiger charge is -2.34. The third-order valence-electron chi connectivity index (χ3n) is 4.87. The summed E-state index contributed by atoms with van der Waals surface area (Å²) in [6.45, 7) is 10.1. The van der Waals surface area contributed by atoms with Gasteiger partial charge >= 0.3 is 0 Å². The minimum Gasteiger partial charge on any atom is -0.387 e. The van der Waals surface area contributed by atoms with Crippen molar-refractivity contribution in [1.82, 2.24) is 30.3 Å². The van der Waals surface area contributed by atoms with Gasteiger partial charge in [0.2, 0.25) is 0 Å². The molecule has 2 heterocycles. The molecule has 0 aliphatic carbocycles. The zero-order valence-electron chi connectivity index (χ0n) is 18.3. The van der Waals surface area contributed by atoms with Gasteiger partial charge in [-0.15, -0.1) is 24.0 Å². The van der Waals surface area contributed by atoms with Crippen molar-refractivity contribution < 1.29 is 9.84 Å². The lowest BCUT2D eigenvalue weighted by molar-refractivity contribution is -0.0201. The van der Waals surface area contributed by atoms with Crippen LogP contribution in [0.15, 0.2) is 41.9 Å². The van der Waals surface area contributed by atoms with Gasteiger partial charge in [0.05, 0.1) is 31.9 Å². The fraction of sp³-hybridized carbons (Fsp3) is 0.571. The van der Waals surface area contributed by atoms with Crippen LogP contribution in [0.2, 0.25) is 0 Å². The Morgan fingerprint density at radius 3 is 2.74 bits per heavy atom. The number of hydrogen-bond acceptors (Lipinski definition) is 6. The van der Waals surface area contributed by atoms with E-state index in [1.807, 2.05) is 19.9 Å².